The molecule has 4 nitrogen and oxygen atoms in total. The highest BCUT2D eigenvalue weighted by atomic mass is 16.5. The van der Waals surface area contributed by atoms with Gasteiger partial charge in [-0.1, -0.05) is 19.1 Å². The smallest absolute Gasteiger partial charge is 0.224 e. The van der Waals surface area contributed by atoms with Crippen LogP contribution >= 0.6 is 0 Å². The summed E-state index contributed by atoms with van der Waals surface area (Å²) in [5, 5.41) is 3.30. The molecule has 0 atom stereocenters. The average molecular weight is 290 g/mol. The lowest BCUT2D eigenvalue weighted by atomic mass is 9.99. The van der Waals surface area contributed by atoms with E-state index in [2.05, 4.69) is 12.2 Å². The van der Waals surface area contributed by atoms with Gasteiger partial charge in [-0.25, -0.2) is 0 Å². The number of nitrogens with zero attached hydrogens (tertiary/aromatic N) is 1. The van der Waals surface area contributed by atoms with E-state index in [0.717, 1.165) is 43.3 Å². The summed E-state index contributed by atoms with van der Waals surface area (Å²) in [6, 6.07) is 7.85. The van der Waals surface area contributed by atoms with E-state index in [-0.39, 0.29) is 5.91 Å². The number of nitrogens with one attached hydrogen (secondary N) is 1. The molecular formula is C17H26N2O2. The summed E-state index contributed by atoms with van der Waals surface area (Å²) >= 11 is 0. The summed E-state index contributed by atoms with van der Waals surface area (Å²) < 4.78 is 5.56. The first-order valence-electron chi connectivity index (χ1n) is 7.94. The minimum Gasteiger partial charge on any atom is -0.492 e. The molecule has 1 aromatic carbocycles. The lowest BCUT2D eigenvalue weighted by Gasteiger charge is -2.30. The van der Waals surface area contributed by atoms with E-state index in [0.29, 0.717) is 19.6 Å². The van der Waals surface area contributed by atoms with E-state index >= 15 is 0 Å². The van der Waals surface area contributed by atoms with Gasteiger partial charge in [-0.15, -0.1) is 0 Å². The fourth-order valence-corrected chi connectivity index (χ4v) is 2.61. The molecule has 1 aliphatic heterocycles. The first-order chi connectivity index (χ1) is 10.2. The lowest BCUT2D eigenvalue weighted by Crippen LogP contribution is -2.38. The van der Waals surface area contributed by atoms with Gasteiger partial charge in [-0.3, -0.25) is 4.79 Å². The Kier molecular flexibility index (Phi) is 5.90. The summed E-state index contributed by atoms with van der Waals surface area (Å²) in [6.45, 7) is 7.34. The Morgan fingerprint density at radius 3 is 2.76 bits per heavy atom. The number of para-hydroxylation sites is 2. The predicted molar refractivity (Wildman–Crippen MR) is 85.7 cm³/mol. The van der Waals surface area contributed by atoms with Gasteiger partial charge in [0.1, 0.15) is 5.75 Å². The van der Waals surface area contributed by atoms with Crippen LogP contribution in [0.5, 0.6) is 5.75 Å². The van der Waals surface area contributed by atoms with Gasteiger partial charge in [0.2, 0.25) is 5.91 Å². The van der Waals surface area contributed by atoms with Crippen molar-refractivity contribution < 1.29 is 9.53 Å². The van der Waals surface area contributed by atoms with Crippen molar-refractivity contribution in [1.29, 1.82) is 0 Å². The van der Waals surface area contributed by atoms with E-state index in [4.69, 9.17) is 4.74 Å². The van der Waals surface area contributed by atoms with Gasteiger partial charge < -0.3 is 15.0 Å². The predicted octanol–water partition coefficient (Wildman–Crippen LogP) is 3.15. The van der Waals surface area contributed by atoms with Crippen LogP contribution in [0.1, 0.15) is 33.1 Å². The molecule has 1 fully saturated rings. The fourth-order valence-electron chi connectivity index (χ4n) is 2.61. The highest BCUT2D eigenvalue weighted by molar-refractivity contribution is 5.77. The molecule has 1 heterocycles. The quantitative estimate of drug-likeness (QED) is 0.875. The molecule has 1 aliphatic rings. The zero-order valence-corrected chi connectivity index (χ0v) is 13.1. The van der Waals surface area contributed by atoms with Gasteiger partial charge in [-0.2, -0.15) is 0 Å². The maximum atomic E-state index is 12.2. The van der Waals surface area contributed by atoms with Gasteiger partial charge in [-0.05, 0) is 37.8 Å². The first-order valence-corrected chi connectivity index (χ1v) is 7.94. The maximum absolute atomic E-state index is 12.2. The van der Waals surface area contributed by atoms with Crippen LogP contribution in [0.4, 0.5) is 5.69 Å². The second-order valence-corrected chi connectivity index (χ2v) is 5.67. The third-order valence-electron chi connectivity index (χ3n) is 3.98. The van der Waals surface area contributed by atoms with Crippen molar-refractivity contribution >= 4 is 11.6 Å². The van der Waals surface area contributed by atoms with Crippen molar-refractivity contribution in [2.24, 2.45) is 5.92 Å². The number of rotatable bonds is 6. The number of anilines is 1. The van der Waals surface area contributed by atoms with Gasteiger partial charge >= 0.3 is 0 Å². The zero-order valence-electron chi connectivity index (χ0n) is 13.1. The largest absolute Gasteiger partial charge is 0.492 e. The molecule has 0 unspecified atom stereocenters. The van der Waals surface area contributed by atoms with Crippen molar-refractivity contribution in [3.63, 3.8) is 0 Å². The van der Waals surface area contributed by atoms with Crippen molar-refractivity contribution in [2.75, 3.05) is 31.6 Å². The van der Waals surface area contributed by atoms with Crippen LogP contribution in [0.2, 0.25) is 0 Å². The van der Waals surface area contributed by atoms with Gasteiger partial charge in [0.25, 0.3) is 0 Å². The number of hydrogen-bond acceptors (Lipinski definition) is 3. The van der Waals surface area contributed by atoms with Gasteiger partial charge in [0.15, 0.2) is 0 Å². The number of carbonyl (C=O) groups excluding carboxylic acids is 1. The number of carbonyl (C=O) groups is 1. The van der Waals surface area contributed by atoms with Crippen molar-refractivity contribution in [2.45, 2.75) is 33.1 Å². The second-order valence-electron chi connectivity index (χ2n) is 5.67. The van der Waals surface area contributed by atoms with Crippen LogP contribution in [0.3, 0.4) is 0 Å². The minimum atomic E-state index is 0.253. The van der Waals surface area contributed by atoms with E-state index < -0.39 is 0 Å². The van der Waals surface area contributed by atoms with Crippen LogP contribution < -0.4 is 10.1 Å². The number of amides is 1. The summed E-state index contributed by atoms with van der Waals surface area (Å²) in [7, 11) is 0. The molecule has 1 aromatic rings. The van der Waals surface area contributed by atoms with Crippen LogP contribution in [-0.4, -0.2) is 37.0 Å². The summed E-state index contributed by atoms with van der Waals surface area (Å²) in [6.07, 6.45) is 2.80. The van der Waals surface area contributed by atoms with E-state index in [9.17, 15) is 4.79 Å². The van der Waals surface area contributed by atoms with E-state index in [1.807, 2.05) is 36.1 Å². The Labute approximate surface area is 127 Å². The molecule has 0 spiro atoms. The van der Waals surface area contributed by atoms with E-state index in [1.165, 1.54) is 0 Å². The summed E-state index contributed by atoms with van der Waals surface area (Å²) in [5.74, 6) is 1.85. The molecule has 0 saturated carbocycles. The third kappa shape index (κ3) is 4.66. The number of likely N-dealkylation sites (tertiary alicyclic amines) is 1. The molecule has 116 valence electrons. The number of ether oxygens (including phenoxy) is 1. The fraction of sp³-hybridized carbons (Fsp3) is 0.588. The second kappa shape index (κ2) is 7.91. The van der Waals surface area contributed by atoms with Crippen LogP contribution in [0.25, 0.3) is 0 Å². The Morgan fingerprint density at radius 1 is 1.33 bits per heavy atom. The normalized spacial score (nSPS) is 15.8. The Balaban J connectivity index is 1.77. The zero-order chi connectivity index (χ0) is 15.1. The van der Waals surface area contributed by atoms with Crippen molar-refractivity contribution in [3.8, 4) is 5.75 Å². The monoisotopic (exact) mass is 290 g/mol. The molecule has 0 aromatic heterocycles. The summed E-state index contributed by atoms with van der Waals surface area (Å²) in [5.41, 5.74) is 0.958. The van der Waals surface area contributed by atoms with E-state index in [1.54, 1.807) is 0 Å². The molecule has 4 heteroatoms. The molecule has 1 N–H and O–H groups in total. The van der Waals surface area contributed by atoms with Crippen molar-refractivity contribution in [1.82, 2.24) is 4.90 Å². The molecule has 0 bridgehead atoms. The first kappa shape index (κ1) is 15.7. The highest BCUT2D eigenvalue weighted by Crippen LogP contribution is 2.23. The highest BCUT2D eigenvalue weighted by Gasteiger charge is 2.19. The number of hydrogen-bond donors (Lipinski definition) is 1. The Hall–Kier alpha value is -1.71. The van der Waals surface area contributed by atoms with Crippen molar-refractivity contribution in [3.05, 3.63) is 24.3 Å². The number of piperidine rings is 1. The lowest BCUT2D eigenvalue weighted by molar-refractivity contribution is -0.132. The van der Waals surface area contributed by atoms with Gasteiger partial charge in [0.05, 0.1) is 12.3 Å². The number of benzene rings is 1. The van der Waals surface area contributed by atoms with Crippen LogP contribution in [0, 0.1) is 5.92 Å². The third-order valence-corrected chi connectivity index (χ3v) is 3.98. The maximum Gasteiger partial charge on any atom is 0.224 e. The topological polar surface area (TPSA) is 41.6 Å². The molecule has 2 rings (SSSR count). The molecule has 1 amide bonds. The van der Waals surface area contributed by atoms with Crippen LogP contribution in [-0.2, 0) is 4.79 Å². The molecule has 1 saturated heterocycles. The molecule has 21 heavy (non-hydrogen) atoms. The summed E-state index contributed by atoms with van der Waals surface area (Å²) in [4.78, 5) is 14.2. The Bertz CT molecular complexity index is 454. The van der Waals surface area contributed by atoms with Gasteiger partial charge in [0, 0.05) is 26.1 Å². The minimum absolute atomic E-state index is 0.253. The molecule has 0 radical (unpaired) electrons. The molecular weight excluding hydrogens is 264 g/mol. The molecule has 0 aliphatic carbocycles. The SMILES string of the molecule is CCOc1ccccc1NCCC(=O)N1CCC(C)CC1. The standard InChI is InChI=1S/C17H26N2O2/c1-3-21-16-7-5-4-6-15(16)18-11-8-17(20)19-12-9-14(2)10-13-19/h4-7,14,18H,3,8-13H2,1-2H3. The average Bonchev–Trinajstić information content (AvgIpc) is 2.50. The Morgan fingerprint density at radius 2 is 2.05 bits per heavy atom. The van der Waals surface area contributed by atoms with Crippen LogP contribution in [0.15, 0.2) is 24.3 Å².